The van der Waals surface area contributed by atoms with E-state index in [0.29, 0.717) is 0 Å². The van der Waals surface area contributed by atoms with E-state index in [1.807, 2.05) is 0 Å². The van der Waals surface area contributed by atoms with E-state index >= 15 is 0 Å². The summed E-state index contributed by atoms with van der Waals surface area (Å²) in [5, 5.41) is 0. The van der Waals surface area contributed by atoms with Crippen molar-refractivity contribution in [3.63, 3.8) is 0 Å². The Morgan fingerprint density at radius 2 is 1.93 bits per heavy atom. The van der Waals surface area contributed by atoms with Gasteiger partial charge >= 0.3 is 90.7 Å². The summed E-state index contributed by atoms with van der Waals surface area (Å²) < 4.78 is 0. The van der Waals surface area contributed by atoms with E-state index in [4.69, 9.17) is 0 Å². The van der Waals surface area contributed by atoms with E-state index in [2.05, 4.69) is 34.4 Å². The summed E-state index contributed by atoms with van der Waals surface area (Å²) in [5.41, 5.74) is 0.742. The molecule has 1 fully saturated rings. The van der Waals surface area contributed by atoms with Crippen molar-refractivity contribution < 1.29 is 0 Å². The fourth-order valence-corrected chi connectivity index (χ4v) is 7.72. The molecule has 1 aliphatic rings. The van der Waals surface area contributed by atoms with Crippen LogP contribution in [0.3, 0.4) is 0 Å². The molecule has 0 aromatic rings. The van der Waals surface area contributed by atoms with Gasteiger partial charge in [-0.15, -0.1) is 0 Å². The Morgan fingerprint density at radius 3 is 2.29 bits per heavy atom. The molecule has 0 N–H and O–H groups in total. The number of rotatable bonds is 4. The molecule has 1 heteroatoms. The molecule has 0 aromatic heterocycles. The monoisotopic (exact) mass is 216 g/mol. The van der Waals surface area contributed by atoms with Crippen LogP contribution >= 0.6 is 7.26 Å². The zero-order valence-electron chi connectivity index (χ0n) is 10.8. The average Bonchev–Trinajstić information content (AvgIpc) is 2.47. The Balaban J connectivity index is 2.74. The van der Waals surface area contributed by atoms with Gasteiger partial charge in [0.15, 0.2) is 0 Å². The van der Waals surface area contributed by atoms with Crippen LogP contribution in [0.5, 0.6) is 0 Å². The summed E-state index contributed by atoms with van der Waals surface area (Å²) in [7, 11) is -0.796. The normalized spacial score (nSPS) is 33.6. The maximum absolute atomic E-state index is 2.63. The predicted molar refractivity (Wildman–Crippen MR) is 71.3 cm³/mol. The first kappa shape index (κ1) is 12.5. The zero-order chi connectivity index (χ0) is 10.8. The van der Waals surface area contributed by atoms with E-state index in [1.165, 1.54) is 25.4 Å². The molecule has 0 saturated carbocycles. The van der Waals surface area contributed by atoms with E-state index in [9.17, 15) is 0 Å². The quantitative estimate of drug-likeness (QED) is 0.617. The third-order valence-electron chi connectivity index (χ3n) is 4.83. The average molecular weight is 216 g/mol. The van der Waals surface area contributed by atoms with Gasteiger partial charge in [-0.3, -0.25) is 0 Å². The van der Waals surface area contributed by atoms with Crippen molar-refractivity contribution in [2.24, 2.45) is 11.3 Å². The van der Waals surface area contributed by atoms with Crippen LogP contribution in [0.15, 0.2) is 0 Å². The van der Waals surface area contributed by atoms with Gasteiger partial charge in [0, 0.05) is 0 Å². The molecule has 1 unspecified atom stereocenters. The second-order valence-corrected chi connectivity index (χ2v) is 11.3. The second kappa shape index (κ2) is 4.52. The molecule has 0 nitrogen and oxygen atoms in total. The van der Waals surface area contributed by atoms with Gasteiger partial charge in [-0.2, -0.15) is 0 Å². The van der Waals surface area contributed by atoms with Crippen molar-refractivity contribution in [3.05, 3.63) is 0 Å². The maximum atomic E-state index is 2.63. The molecule has 1 rings (SSSR count). The first-order chi connectivity index (χ1) is 6.48. The molecule has 0 radical (unpaired) electrons. The summed E-state index contributed by atoms with van der Waals surface area (Å²) in [4.78, 5) is 0. The van der Waals surface area contributed by atoms with Gasteiger partial charge in [0.2, 0.25) is 0 Å². The molecule has 0 aliphatic carbocycles. The Labute approximate surface area is 91.2 Å². The van der Waals surface area contributed by atoms with Gasteiger partial charge in [0.25, 0.3) is 0 Å². The van der Waals surface area contributed by atoms with Crippen molar-refractivity contribution >= 4 is 7.26 Å². The van der Waals surface area contributed by atoms with Crippen LogP contribution in [-0.2, 0) is 0 Å². The third kappa shape index (κ3) is 2.32. The van der Waals surface area contributed by atoms with Crippen LogP contribution in [0.4, 0.5) is 0 Å². The van der Waals surface area contributed by atoms with Gasteiger partial charge in [-0.1, -0.05) is 0 Å². The topological polar surface area (TPSA) is 0 Å². The van der Waals surface area contributed by atoms with Crippen molar-refractivity contribution in [2.75, 3.05) is 25.2 Å². The molecule has 86 valence electrons. The molecular formula is C13H29P. The molecule has 0 amide bonds. The molecular weight excluding hydrogens is 187 g/mol. The Bertz CT molecular complexity index is 188. The molecule has 0 aromatic carbocycles. The van der Waals surface area contributed by atoms with Crippen LogP contribution in [0.25, 0.3) is 0 Å². The minimum atomic E-state index is -0.796. The van der Waals surface area contributed by atoms with E-state index in [0.717, 1.165) is 11.3 Å². The van der Waals surface area contributed by atoms with Crippen molar-refractivity contribution in [1.29, 1.82) is 0 Å². The Hall–Kier alpha value is 0.430. The van der Waals surface area contributed by atoms with E-state index in [1.54, 1.807) is 12.3 Å². The van der Waals surface area contributed by atoms with Crippen LogP contribution in [-0.4, -0.2) is 25.2 Å². The number of hydrogen-bond donors (Lipinski definition) is 0. The van der Waals surface area contributed by atoms with Crippen LogP contribution in [0.2, 0.25) is 0 Å². The number of hydrogen-bond acceptors (Lipinski definition) is 0. The molecule has 0 bridgehead atoms. The van der Waals surface area contributed by atoms with Crippen LogP contribution in [0.1, 0.15) is 47.0 Å². The molecule has 1 heterocycles. The minimum absolute atomic E-state index is 0.742. The molecule has 1 aliphatic heterocycles. The Morgan fingerprint density at radius 1 is 1.29 bits per heavy atom. The van der Waals surface area contributed by atoms with Crippen LogP contribution < -0.4 is 0 Å². The molecule has 1 atom stereocenters. The van der Waals surface area contributed by atoms with Crippen molar-refractivity contribution in [3.8, 4) is 0 Å². The van der Waals surface area contributed by atoms with Crippen molar-refractivity contribution in [2.45, 2.75) is 47.0 Å². The first-order valence-corrected chi connectivity index (χ1v) is 9.60. The second-order valence-electron chi connectivity index (χ2n) is 6.11. The van der Waals surface area contributed by atoms with Crippen molar-refractivity contribution in [1.82, 2.24) is 0 Å². The molecule has 14 heavy (non-hydrogen) atoms. The summed E-state index contributed by atoms with van der Waals surface area (Å²) in [6.45, 7) is 12.3. The fourth-order valence-electron chi connectivity index (χ4n) is 3.37. The predicted octanol–water partition coefficient (Wildman–Crippen LogP) is 4.23. The zero-order valence-corrected chi connectivity index (χ0v) is 11.8. The van der Waals surface area contributed by atoms with Crippen LogP contribution in [0, 0.1) is 11.3 Å². The van der Waals surface area contributed by atoms with E-state index < -0.39 is 7.26 Å². The Kier molecular flexibility index (Phi) is 4.03. The SMILES string of the molecule is CCCC1(C(C)C)CC[PH](C)(CC)C1. The molecule has 0 spiro atoms. The summed E-state index contributed by atoms with van der Waals surface area (Å²) >= 11 is 0. The van der Waals surface area contributed by atoms with Gasteiger partial charge in [0.1, 0.15) is 0 Å². The summed E-state index contributed by atoms with van der Waals surface area (Å²) in [6, 6.07) is 0. The molecule has 1 saturated heterocycles. The van der Waals surface area contributed by atoms with Gasteiger partial charge in [-0.25, -0.2) is 0 Å². The van der Waals surface area contributed by atoms with E-state index in [-0.39, 0.29) is 0 Å². The summed E-state index contributed by atoms with van der Waals surface area (Å²) in [5.74, 6) is 0.906. The standard InChI is InChI=1S/C13H29P/c1-6-8-13(12(3)4)9-10-14(5,7-2)11-13/h12,14H,6-11H2,1-5H3. The van der Waals surface area contributed by atoms with Gasteiger partial charge < -0.3 is 0 Å². The van der Waals surface area contributed by atoms with Gasteiger partial charge in [-0.05, 0) is 0 Å². The third-order valence-corrected chi connectivity index (χ3v) is 9.55. The first-order valence-electron chi connectivity index (χ1n) is 6.48. The fraction of sp³-hybridized carbons (Fsp3) is 1.00. The van der Waals surface area contributed by atoms with Gasteiger partial charge in [0.05, 0.1) is 0 Å². The summed E-state index contributed by atoms with van der Waals surface area (Å²) in [6.07, 6.45) is 9.11.